The summed E-state index contributed by atoms with van der Waals surface area (Å²) < 4.78 is 4.70. The second-order valence-corrected chi connectivity index (χ2v) is 2.52. The summed E-state index contributed by atoms with van der Waals surface area (Å²) in [6, 6.07) is 8.59. The molecule has 1 atom stereocenters. The summed E-state index contributed by atoms with van der Waals surface area (Å²) in [5, 5.41) is 0. The van der Waals surface area contributed by atoms with Gasteiger partial charge in [-0.2, -0.15) is 0 Å². The van der Waals surface area contributed by atoms with E-state index in [-0.39, 0.29) is 5.78 Å². The van der Waals surface area contributed by atoms with Crippen LogP contribution in [0.2, 0.25) is 0 Å². The molecule has 0 spiro atoms. The third kappa shape index (κ3) is 2.23. The van der Waals surface area contributed by atoms with Crippen molar-refractivity contribution in [1.29, 1.82) is 0 Å². The molecule has 68 valence electrons. The van der Waals surface area contributed by atoms with Gasteiger partial charge >= 0.3 is 0 Å². The van der Waals surface area contributed by atoms with Gasteiger partial charge in [0.15, 0.2) is 18.2 Å². The fraction of sp³-hybridized carbons (Fsp3) is 0.200. The number of benzene rings is 1. The summed E-state index contributed by atoms with van der Waals surface area (Å²) in [5.74, 6) is -0.307. The molecule has 0 saturated carbocycles. The van der Waals surface area contributed by atoms with Gasteiger partial charge in [0.2, 0.25) is 0 Å². The first-order chi connectivity index (χ1) is 6.29. The third-order valence-corrected chi connectivity index (χ3v) is 1.69. The van der Waals surface area contributed by atoms with Crippen LogP contribution in [0.15, 0.2) is 30.3 Å². The van der Waals surface area contributed by atoms with Gasteiger partial charge < -0.3 is 4.74 Å². The molecule has 0 bridgehead atoms. The number of aldehydes is 1. The van der Waals surface area contributed by atoms with Gasteiger partial charge in [0.1, 0.15) is 0 Å². The minimum absolute atomic E-state index is 0.307. The molecule has 0 N–H and O–H groups in total. The SMILES string of the molecule is COC(C=O)C(=O)c1ccccc1. The zero-order valence-electron chi connectivity index (χ0n) is 7.27. The lowest BCUT2D eigenvalue weighted by molar-refractivity contribution is -0.114. The molecule has 3 heteroatoms. The molecule has 0 saturated heterocycles. The zero-order valence-corrected chi connectivity index (χ0v) is 7.27. The fourth-order valence-corrected chi connectivity index (χ4v) is 0.991. The molecule has 1 rings (SSSR count). The second-order valence-electron chi connectivity index (χ2n) is 2.52. The Bertz CT molecular complexity index is 292. The van der Waals surface area contributed by atoms with E-state index in [1.54, 1.807) is 30.3 Å². The second kappa shape index (κ2) is 4.52. The first kappa shape index (κ1) is 9.61. The highest BCUT2D eigenvalue weighted by molar-refractivity contribution is 6.07. The number of ketones is 1. The average Bonchev–Trinajstić information content (AvgIpc) is 2.21. The Hall–Kier alpha value is -1.48. The number of rotatable bonds is 4. The van der Waals surface area contributed by atoms with Crippen LogP contribution in [-0.2, 0) is 9.53 Å². The van der Waals surface area contributed by atoms with E-state index in [2.05, 4.69) is 0 Å². The highest BCUT2D eigenvalue weighted by Gasteiger charge is 2.17. The van der Waals surface area contributed by atoms with Crippen LogP contribution < -0.4 is 0 Å². The molecule has 0 aliphatic rings. The third-order valence-electron chi connectivity index (χ3n) is 1.69. The topological polar surface area (TPSA) is 43.4 Å². The van der Waals surface area contributed by atoms with Crippen LogP contribution in [0.5, 0.6) is 0 Å². The maximum Gasteiger partial charge on any atom is 0.198 e. The molecule has 0 fully saturated rings. The number of hydrogen-bond acceptors (Lipinski definition) is 3. The van der Waals surface area contributed by atoms with E-state index in [9.17, 15) is 9.59 Å². The van der Waals surface area contributed by atoms with Gasteiger partial charge in [0.05, 0.1) is 0 Å². The van der Waals surface area contributed by atoms with E-state index >= 15 is 0 Å². The first-order valence-electron chi connectivity index (χ1n) is 3.87. The fourth-order valence-electron chi connectivity index (χ4n) is 0.991. The summed E-state index contributed by atoms with van der Waals surface area (Å²) in [6.45, 7) is 0. The molecule has 0 aliphatic carbocycles. The highest BCUT2D eigenvalue weighted by Crippen LogP contribution is 2.03. The van der Waals surface area contributed by atoms with Gasteiger partial charge in [0, 0.05) is 12.7 Å². The Labute approximate surface area is 76.3 Å². The van der Waals surface area contributed by atoms with Crippen LogP contribution >= 0.6 is 0 Å². The van der Waals surface area contributed by atoms with E-state index in [1.165, 1.54) is 7.11 Å². The number of carbonyl (C=O) groups excluding carboxylic acids is 2. The maximum atomic E-state index is 11.5. The van der Waals surface area contributed by atoms with E-state index in [0.29, 0.717) is 11.8 Å². The van der Waals surface area contributed by atoms with Gasteiger partial charge in [-0.05, 0) is 0 Å². The largest absolute Gasteiger partial charge is 0.366 e. The Morgan fingerprint density at radius 1 is 1.38 bits per heavy atom. The van der Waals surface area contributed by atoms with Crippen molar-refractivity contribution in [2.45, 2.75) is 6.10 Å². The molecule has 1 unspecified atom stereocenters. The number of carbonyl (C=O) groups is 2. The molecule has 0 aromatic heterocycles. The van der Waals surface area contributed by atoms with Crippen molar-refractivity contribution < 1.29 is 14.3 Å². The van der Waals surface area contributed by atoms with Gasteiger partial charge in [-0.25, -0.2) is 0 Å². The summed E-state index contributed by atoms with van der Waals surface area (Å²) in [4.78, 5) is 21.9. The summed E-state index contributed by atoms with van der Waals surface area (Å²) in [6.07, 6.45) is -0.489. The minimum atomic E-state index is -0.984. The minimum Gasteiger partial charge on any atom is -0.366 e. The normalized spacial score (nSPS) is 12.1. The van der Waals surface area contributed by atoms with Crippen LogP contribution in [-0.4, -0.2) is 25.3 Å². The van der Waals surface area contributed by atoms with Crippen LogP contribution in [0.1, 0.15) is 10.4 Å². The van der Waals surface area contributed by atoms with E-state index in [4.69, 9.17) is 4.74 Å². The van der Waals surface area contributed by atoms with Crippen molar-refractivity contribution in [2.24, 2.45) is 0 Å². The van der Waals surface area contributed by atoms with Crippen LogP contribution in [0.25, 0.3) is 0 Å². The zero-order chi connectivity index (χ0) is 9.68. The highest BCUT2D eigenvalue weighted by atomic mass is 16.5. The predicted octanol–water partition coefficient (Wildman–Crippen LogP) is 1.08. The van der Waals surface area contributed by atoms with Gasteiger partial charge in [-0.15, -0.1) is 0 Å². The number of ether oxygens (including phenoxy) is 1. The standard InChI is InChI=1S/C10H10O3/c1-13-9(7-11)10(12)8-5-3-2-4-6-8/h2-7,9H,1H3. The summed E-state index contributed by atoms with van der Waals surface area (Å²) >= 11 is 0. The van der Waals surface area contributed by atoms with E-state index in [1.807, 2.05) is 0 Å². The maximum absolute atomic E-state index is 11.5. The Morgan fingerprint density at radius 2 is 2.00 bits per heavy atom. The number of hydrogen-bond donors (Lipinski definition) is 0. The van der Waals surface area contributed by atoms with Crippen molar-refractivity contribution in [3.63, 3.8) is 0 Å². The van der Waals surface area contributed by atoms with Gasteiger partial charge in [-0.1, -0.05) is 30.3 Å². The monoisotopic (exact) mass is 178 g/mol. The molecular weight excluding hydrogens is 168 g/mol. The first-order valence-corrected chi connectivity index (χ1v) is 3.87. The summed E-state index contributed by atoms with van der Waals surface area (Å²) in [7, 11) is 1.33. The van der Waals surface area contributed by atoms with Crippen LogP contribution in [0, 0.1) is 0 Å². The molecule has 0 radical (unpaired) electrons. The van der Waals surface area contributed by atoms with Crippen molar-refractivity contribution in [3.8, 4) is 0 Å². The molecule has 3 nitrogen and oxygen atoms in total. The predicted molar refractivity (Wildman–Crippen MR) is 47.6 cm³/mol. The molecule has 13 heavy (non-hydrogen) atoms. The Balaban J connectivity index is 2.84. The Kier molecular flexibility index (Phi) is 3.34. The quantitative estimate of drug-likeness (QED) is 0.393. The molecule has 1 aromatic rings. The van der Waals surface area contributed by atoms with Crippen LogP contribution in [0.3, 0.4) is 0 Å². The van der Waals surface area contributed by atoms with Crippen molar-refractivity contribution in [3.05, 3.63) is 35.9 Å². The lowest BCUT2D eigenvalue weighted by Crippen LogP contribution is -2.24. The molecule has 1 aromatic carbocycles. The van der Waals surface area contributed by atoms with Crippen molar-refractivity contribution >= 4 is 12.1 Å². The lowest BCUT2D eigenvalue weighted by Gasteiger charge is -2.05. The van der Waals surface area contributed by atoms with Gasteiger partial charge in [-0.3, -0.25) is 9.59 Å². The average molecular weight is 178 g/mol. The van der Waals surface area contributed by atoms with Crippen molar-refractivity contribution in [1.82, 2.24) is 0 Å². The number of Topliss-reactive ketones (excluding diaryl/α,β-unsaturated/α-hetero) is 1. The smallest absolute Gasteiger partial charge is 0.198 e. The molecule has 0 amide bonds. The van der Waals surface area contributed by atoms with Crippen LogP contribution in [0.4, 0.5) is 0 Å². The lowest BCUT2D eigenvalue weighted by atomic mass is 10.1. The molecule has 0 heterocycles. The Morgan fingerprint density at radius 3 is 2.46 bits per heavy atom. The molecular formula is C10H10O3. The molecule has 0 aliphatic heterocycles. The van der Waals surface area contributed by atoms with Crippen molar-refractivity contribution in [2.75, 3.05) is 7.11 Å². The number of methoxy groups -OCH3 is 1. The van der Waals surface area contributed by atoms with Gasteiger partial charge in [0.25, 0.3) is 0 Å². The van der Waals surface area contributed by atoms with E-state index in [0.717, 1.165) is 0 Å². The van der Waals surface area contributed by atoms with E-state index < -0.39 is 6.10 Å². The summed E-state index contributed by atoms with van der Waals surface area (Å²) in [5.41, 5.74) is 0.487.